The number of anilines is 2. The molecular weight excluding hydrogens is 549 g/mol. The van der Waals surface area contributed by atoms with Gasteiger partial charge in [0.05, 0.1) is 24.1 Å². The van der Waals surface area contributed by atoms with Gasteiger partial charge in [-0.05, 0) is 82.8 Å². The minimum Gasteiger partial charge on any atom is -0.495 e. The number of carbonyl (C=O) groups excluding carboxylic acids is 2. The maximum Gasteiger partial charge on any atom is 0.419 e. The van der Waals surface area contributed by atoms with Gasteiger partial charge in [-0.1, -0.05) is 12.8 Å². The van der Waals surface area contributed by atoms with Crippen molar-refractivity contribution in [2.45, 2.75) is 76.0 Å². The van der Waals surface area contributed by atoms with Crippen molar-refractivity contribution in [2.24, 2.45) is 5.92 Å². The minimum absolute atomic E-state index is 0.00411. The Bertz CT molecular complexity index is 1280. The van der Waals surface area contributed by atoms with Gasteiger partial charge in [0.2, 0.25) is 11.9 Å². The standard InChI is InChI=1S/C30H39F3N6O3/c1-38-14-11-21(12-15-38)35-28(41)20-9-10-23(26(17-20)42-2)36-29-34-18-22(30(31,32)33)24(37-29)16-19-6-3-4-7-25(19)39-13-5-8-27(39)40/h9-10,17-19,21,25H,3-8,11-16H2,1-2H3,(H,35,41)(H,34,36,37)/t19-,25+/m0/s1. The summed E-state index contributed by atoms with van der Waals surface area (Å²) in [4.78, 5) is 37.8. The van der Waals surface area contributed by atoms with E-state index < -0.39 is 11.7 Å². The van der Waals surface area contributed by atoms with Crippen molar-refractivity contribution in [3.8, 4) is 5.75 Å². The van der Waals surface area contributed by atoms with Crippen molar-refractivity contribution in [2.75, 3.05) is 39.1 Å². The number of methoxy groups -OCH3 is 1. The molecule has 0 spiro atoms. The summed E-state index contributed by atoms with van der Waals surface area (Å²) in [5, 5.41) is 6.06. The van der Waals surface area contributed by atoms with E-state index in [1.807, 2.05) is 4.90 Å². The van der Waals surface area contributed by atoms with Crippen molar-refractivity contribution in [3.63, 3.8) is 0 Å². The third-order valence-corrected chi connectivity index (χ3v) is 8.77. The van der Waals surface area contributed by atoms with Gasteiger partial charge >= 0.3 is 6.18 Å². The van der Waals surface area contributed by atoms with Crippen LogP contribution < -0.4 is 15.4 Å². The zero-order chi connectivity index (χ0) is 29.9. The van der Waals surface area contributed by atoms with Gasteiger partial charge in [0.15, 0.2) is 0 Å². The zero-order valence-electron chi connectivity index (χ0n) is 24.2. The normalized spacial score (nSPS) is 22.3. The molecule has 1 aromatic heterocycles. The Morgan fingerprint density at radius 3 is 2.55 bits per heavy atom. The highest BCUT2D eigenvalue weighted by atomic mass is 19.4. The molecule has 12 heteroatoms. The van der Waals surface area contributed by atoms with E-state index in [1.165, 1.54) is 7.11 Å². The van der Waals surface area contributed by atoms with Crippen LogP contribution in [0.15, 0.2) is 24.4 Å². The number of halogens is 3. The number of nitrogens with one attached hydrogen (secondary N) is 2. The van der Waals surface area contributed by atoms with E-state index in [1.54, 1.807) is 18.2 Å². The number of hydrogen-bond acceptors (Lipinski definition) is 7. The third kappa shape index (κ3) is 6.96. The molecule has 9 nitrogen and oxygen atoms in total. The molecule has 0 bridgehead atoms. The second-order valence-corrected chi connectivity index (χ2v) is 11.6. The van der Waals surface area contributed by atoms with Crippen molar-refractivity contribution in [1.82, 2.24) is 25.1 Å². The molecule has 1 saturated carbocycles. The number of rotatable bonds is 8. The van der Waals surface area contributed by atoms with Gasteiger partial charge in [-0.15, -0.1) is 0 Å². The second-order valence-electron chi connectivity index (χ2n) is 11.6. The average molecular weight is 589 g/mol. The highest BCUT2D eigenvalue weighted by Gasteiger charge is 2.39. The third-order valence-electron chi connectivity index (χ3n) is 8.77. The Labute approximate surface area is 244 Å². The average Bonchev–Trinajstić information content (AvgIpc) is 3.39. The van der Waals surface area contributed by atoms with Gasteiger partial charge in [0.1, 0.15) is 5.75 Å². The smallest absolute Gasteiger partial charge is 0.419 e. The number of benzene rings is 1. The first-order chi connectivity index (χ1) is 20.1. The van der Waals surface area contributed by atoms with Crippen LogP contribution in [0.3, 0.4) is 0 Å². The van der Waals surface area contributed by atoms with Crippen molar-refractivity contribution in [3.05, 3.63) is 41.2 Å². The van der Waals surface area contributed by atoms with Gasteiger partial charge in [-0.25, -0.2) is 9.97 Å². The molecule has 2 atom stereocenters. The fourth-order valence-corrected chi connectivity index (χ4v) is 6.45. The largest absolute Gasteiger partial charge is 0.495 e. The first-order valence-electron chi connectivity index (χ1n) is 14.8. The summed E-state index contributed by atoms with van der Waals surface area (Å²) in [6, 6.07) is 4.90. The molecule has 3 heterocycles. The Hall–Kier alpha value is -3.41. The van der Waals surface area contributed by atoms with Gasteiger partial charge in [-0.3, -0.25) is 9.59 Å². The van der Waals surface area contributed by atoms with Crippen LogP contribution in [0.1, 0.15) is 73.0 Å². The molecule has 2 aromatic rings. The molecule has 0 radical (unpaired) electrons. The van der Waals surface area contributed by atoms with Crippen LogP contribution >= 0.6 is 0 Å². The van der Waals surface area contributed by atoms with Crippen molar-refractivity contribution < 1.29 is 27.5 Å². The monoisotopic (exact) mass is 588 g/mol. The van der Waals surface area contributed by atoms with Crippen LogP contribution in [-0.4, -0.2) is 77.5 Å². The number of carbonyl (C=O) groups is 2. The minimum atomic E-state index is -4.61. The molecule has 3 aliphatic rings. The number of ether oxygens (including phenoxy) is 1. The summed E-state index contributed by atoms with van der Waals surface area (Å²) in [6.07, 6.45) is 2.77. The molecular formula is C30H39F3N6O3. The fourth-order valence-electron chi connectivity index (χ4n) is 6.45. The molecule has 2 N–H and O–H groups in total. The maximum absolute atomic E-state index is 14.0. The Balaban J connectivity index is 1.34. The highest BCUT2D eigenvalue weighted by molar-refractivity contribution is 5.95. The Morgan fingerprint density at radius 1 is 1.10 bits per heavy atom. The van der Waals surface area contributed by atoms with Gasteiger partial charge in [0.25, 0.3) is 5.91 Å². The summed E-state index contributed by atoms with van der Waals surface area (Å²) in [5.74, 6) is 0.117. The lowest BCUT2D eigenvalue weighted by Gasteiger charge is -2.38. The topological polar surface area (TPSA) is 99.7 Å². The van der Waals surface area contributed by atoms with Gasteiger partial charge in [-0.2, -0.15) is 13.2 Å². The molecule has 2 amide bonds. The van der Waals surface area contributed by atoms with E-state index in [9.17, 15) is 22.8 Å². The zero-order valence-corrected chi connectivity index (χ0v) is 24.2. The van der Waals surface area contributed by atoms with E-state index in [0.717, 1.165) is 64.2 Å². The first-order valence-corrected chi connectivity index (χ1v) is 14.8. The van der Waals surface area contributed by atoms with Crippen LogP contribution in [0.25, 0.3) is 0 Å². The molecule has 0 unspecified atom stereocenters. The summed E-state index contributed by atoms with van der Waals surface area (Å²) < 4.78 is 47.6. The molecule has 5 rings (SSSR count). The molecule has 1 aliphatic carbocycles. The SMILES string of the molecule is COc1cc(C(=O)NC2CCN(C)CC2)ccc1Nc1ncc(C(F)(F)F)c(C[C@@H]2CCCC[C@H]2N2CCCC2=O)n1. The molecule has 2 aliphatic heterocycles. The van der Waals surface area contributed by atoms with E-state index in [2.05, 4.69) is 32.5 Å². The molecule has 228 valence electrons. The summed E-state index contributed by atoms with van der Waals surface area (Å²) in [7, 11) is 3.52. The van der Waals surface area contributed by atoms with E-state index in [4.69, 9.17) is 4.74 Å². The fraction of sp³-hybridized carbons (Fsp3) is 0.600. The van der Waals surface area contributed by atoms with Crippen LogP contribution in [-0.2, 0) is 17.4 Å². The number of hydrogen-bond donors (Lipinski definition) is 2. The van der Waals surface area contributed by atoms with Crippen molar-refractivity contribution >= 4 is 23.5 Å². The lowest BCUT2D eigenvalue weighted by molar-refractivity contribution is -0.139. The lowest BCUT2D eigenvalue weighted by Crippen LogP contribution is -2.44. The predicted octanol–water partition coefficient (Wildman–Crippen LogP) is 4.80. The summed E-state index contributed by atoms with van der Waals surface area (Å²) >= 11 is 0. The second kappa shape index (κ2) is 12.8. The molecule has 1 aromatic carbocycles. The van der Waals surface area contributed by atoms with Crippen molar-refractivity contribution in [1.29, 1.82) is 0 Å². The van der Waals surface area contributed by atoms with E-state index >= 15 is 0 Å². The van der Waals surface area contributed by atoms with Crippen LogP contribution in [0.4, 0.5) is 24.8 Å². The number of amides is 2. The van der Waals surface area contributed by atoms with Gasteiger partial charge < -0.3 is 25.2 Å². The molecule has 42 heavy (non-hydrogen) atoms. The van der Waals surface area contributed by atoms with E-state index in [-0.39, 0.29) is 47.9 Å². The summed E-state index contributed by atoms with van der Waals surface area (Å²) in [5.41, 5.74) is -0.0999. The molecule has 2 saturated heterocycles. The Kier molecular flexibility index (Phi) is 9.19. The highest BCUT2D eigenvalue weighted by Crippen LogP contribution is 2.38. The number of aromatic nitrogens is 2. The number of likely N-dealkylation sites (tertiary alicyclic amines) is 2. The quantitative estimate of drug-likeness (QED) is 0.457. The number of nitrogens with zero attached hydrogens (tertiary/aromatic N) is 4. The van der Waals surface area contributed by atoms with Gasteiger partial charge in [0, 0.05) is 36.8 Å². The Morgan fingerprint density at radius 2 is 1.86 bits per heavy atom. The predicted molar refractivity (Wildman–Crippen MR) is 152 cm³/mol. The number of piperidine rings is 1. The molecule has 3 fully saturated rings. The maximum atomic E-state index is 14.0. The first kappa shape index (κ1) is 30.1. The van der Waals surface area contributed by atoms with Crippen LogP contribution in [0, 0.1) is 5.92 Å². The lowest BCUT2D eigenvalue weighted by atomic mass is 9.80. The van der Waals surface area contributed by atoms with E-state index in [0.29, 0.717) is 30.0 Å². The van der Waals surface area contributed by atoms with Crippen LogP contribution in [0.5, 0.6) is 5.75 Å². The van der Waals surface area contributed by atoms with Crippen LogP contribution in [0.2, 0.25) is 0 Å². The summed E-state index contributed by atoms with van der Waals surface area (Å²) in [6.45, 7) is 2.50. The number of alkyl halides is 3.